The van der Waals surface area contributed by atoms with Gasteiger partial charge in [0.2, 0.25) is 11.9 Å². The third kappa shape index (κ3) is 4.27. The Morgan fingerprint density at radius 1 is 1.10 bits per heavy atom. The van der Waals surface area contributed by atoms with E-state index in [1.807, 2.05) is 6.07 Å². The summed E-state index contributed by atoms with van der Waals surface area (Å²) in [5, 5.41) is 3.55. The summed E-state index contributed by atoms with van der Waals surface area (Å²) in [6.45, 7) is 0. The zero-order valence-electron chi connectivity index (χ0n) is 15.0. The summed E-state index contributed by atoms with van der Waals surface area (Å²) in [6.07, 6.45) is 0.717. The first-order chi connectivity index (χ1) is 14.0. The van der Waals surface area contributed by atoms with E-state index in [2.05, 4.69) is 25.3 Å². The Labute approximate surface area is 167 Å². The number of thioether (sulfide) groups is 1. The molecule has 1 amide bonds. The number of halogens is 2. The van der Waals surface area contributed by atoms with Crippen LogP contribution in [0.2, 0.25) is 0 Å². The van der Waals surface area contributed by atoms with Crippen LogP contribution in [0.25, 0.3) is 21.9 Å². The fourth-order valence-electron chi connectivity index (χ4n) is 2.83. The molecule has 0 unspecified atom stereocenters. The summed E-state index contributed by atoms with van der Waals surface area (Å²) in [7, 11) is 0. The number of benzene rings is 2. The largest absolute Gasteiger partial charge is 0.321 e. The molecule has 148 valence electrons. The molecule has 0 bridgehead atoms. The molecule has 0 saturated heterocycles. The minimum absolute atomic E-state index is 0.0311. The SMILES string of the molecule is O=C(CCCSc1nc2ccccc2c(=O)[nH]1)Nc1nc2cc(F)cc(F)c2[nH]1. The highest BCUT2D eigenvalue weighted by molar-refractivity contribution is 7.99. The lowest BCUT2D eigenvalue weighted by Gasteiger charge is -2.03. The van der Waals surface area contributed by atoms with Crippen LogP contribution in [0.1, 0.15) is 12.8 Å². The van der Waals surface area contributed by atoms with Crippen LogP contribution in [0.15, 0.2) is 46.3 Å². The minimum atomic E-state index is -0.777. The van der Waals surface area contributed by atoms with Crippen LogP contribution >= 0.6 is 11.8 Å². The molecule has 0 aliphatic heterocycles. The Balaban J connectivity index is 1.31. The summed E-state index contributed by atoms with van der Waals surface area (Å²) in [5.41, 5.74) is 0.540. The quantitative estimate of drug-likeness (QED) is 0.254. The van der Waals surface area contributed by atoms with Crippen molar-refractivity contribution >= 4 is 45.6 Å². The third-order valence-corrected chi connectivity index (χ3v) is 5.11. The summed E-state index contributed by atoms with van der Waals surface area (Å²) in [4.78, 5) is 37.8. The molecular weight excluding hydrogens is 400 g/mol. The van der Waals surface area contributed by atoms with Gasteiger partial charge in [0, 0.05) is 24.3 Å². The van der Waals surface area contributed by atoms with E-state index >= 15 is 0 Å². The second-order valence-corrected chi connectivity index (χ2v) is 7.34. The van der Waals surface area contributed by atoms with E-state index in [0.29, 0.717) is 28.2 Å². The van der Waals surface area contributed by atoms with E-state index in [-0.39, 0.29) is 34.9 Å². The summed E-state index contributed by atoms with van der Waals surface area (Å²) in [5.74, 6) is -1.21. The number of hydrogen-bond acceptors (Lipinski definition) is 5. The van der Waals surface area contributed by atoms with Crippen molar-refractivity contribution in [1.82, 2.24) is 19.9 Å². The van der Waals surface area contributed by atoms with Gasteiger partial charge >= 0.3 is 0 Å². The number of carbonyl (C=O) groups excluding carboxylic acids is 1. The van der Waals surface area contributed by atoms with Crippen molar-refractivity contribution in [3.8, 4) is 0 Å². The Hall–Kier alpha value is -3.27. The number of aromatic nitrogens is 4. The zero-order chi connectivity index (χ0) is 20.4. The molecule has 0 fully saturated rings. The number of para-hydroxylation sites is 1. The van der Waals surface area contributed by atoms with Crippen molar-refractivity contribution < 1.29 is 13.6 Å². The maximum atomic E-state index is 13.7. The second-order valence-electron chi connectivity index (χ2n) is 6.26. The van der Waals surface area contributed by atoms with Gasteiger partial charge in [-0.15, -0.1) is 0 Å². The molecule has 2 aromatic heterocycles. The van der Waals surface area contributed by atoms with Crippen LogP contribution in [0.5, 0.6) is 0 Å². The van der Waals surface area contributed by atoms with Gasteiger partial charge in [0.05, 0.1) is 16.4 Å². The van der Waals surface area contributed by atoms with Crippen molar-refractivity contribution in [2.24, 2.45) is 0 Å². The number of anilines is 1. The molecule has 0 atom stereocenters. The van der Waals surface area contributed by atoms with Gasteiger partial charge < -0.3 is 9.97 Å². The first-order valence-corrected chi connectivity index (χ1v) is 9.74. The lowest BCUT2D eigenvalue weighted by Crippen LogP contribution is -2.13. The highest BCUT2D eigenvalue weighted by Gasteiger charge is 2.12. The van der Waals surface area contributed by atoms with Crippen LogP contribution in [0.4, 0.5) is 14.7 Å². The lowest BCUT2D eigenvalue weighted by atomic mass is 10.2. The monoisotopic (exact) mass is 415 g/mol. The summed E-state index contributed by atoms with van der Waals surface area (Å²) in [6, 6.07) is 8.89. The van der Waals surface area contributed by atoms with E-state index in [9.17, 15) is 18.4 Å². The molecule has 2 aromatic carbocycles. The van der Waals surface area contributed by atoms with E-state index < -0.39 is 11.6 Å². The van der Waals surface area contributed by atoms with Gasteiger partial charge in [-0.3, -0.25) is 14.9 Å². The van der Waals surface area contributed by atoms with Gasteiger partial charge in [-0.1, -0.05) is 23.9 Å². The second kappa shape index (κ2) is 8.00. The number of nitrogens with zero attached hydrogens (tertiary/aromatic N) is 2. The van der Waals surface area contributed by atoms with E-state index in [4.69, 9.17) is 0 Å². The van der Waals surface area contributed by atoms with E-state index in [1.165, 1.54) is 11.8 Å². The van der Waals surface area contributed by atoms with Crippen molar-refractivity contribution in [2.45, 2.75) is 18.0 Å². The number of nitrogens with one attached hydrogen (secondary N) is 3. The molecule has 10 heteroatoms. The maximum Gasteiger partial charge on any atom is 0.259 e. The summed E-state index contributed by atoms with van der Waals surface area (Å²) >= 11 is 1.34. The first kappa shape index (κ1) is 19.1. The maximum absolute atomic E-state index is 13.7. The van der Waals surface area contributed by atoms with Crippen molar-refractivity contribution in [2.75, 3.05) is 11.1 Å². The van der Waals surface area contributed by atoms with Gasteiger partial charge in [-0.25, -0.2) is 18.7 Å². The number of H-pyrrole nitrogens is 2. The Kier molecular flexibility index (Phi) is 5.26. The molecule has 3 N–H and O–H groups in total. The van der Waals surface area contributed by atoms with Gasteiger partial charge in [0.15, 0.2) is 11.0 Å². The Bertz CT molecular complexity index is 1270. The zero-order valence-corrected chi connectivity index (χ0v) is 15.8. The molecule has 4 rings (SSSR count). The van der Waals surface area contributed by atoms with Gasteiger partial charge in [-0.05, 0) is 18.6 Å². The molecule has 2 heterocycles. The third-order valence-electron chi connectivity index (χ3n) is 4.15. The molecule has 29 heavy (non-hydrogen) atoms. The van der Waals surface area contributed by atoms with Gasteiger partial charge in [0.25, 0.3) is 5.56 Å². The molecule has 0 radical (unpaired) electrons. The van der Waals surface area contributed by atoms with Crippen molar-refractivity contribution in [3.05, 3.63) is 58.4 Å². The first-order valence-electron chi connectivity index (χ1n) is 8.76. The van der Waals surface area contributed by atoms with E-state index in [1.54, 1.807) is 18.2 Å². The Morgan fingerprint density at radius 3 is 2.79 bits per heavy atom. The topological polar surface area (TPSA) is 104 Å². The number of fused-ring (bicyclic) bond motifs is 2. The average molecular weight is 415 g/mol. The molecule has 7 nitrogen and oxygen atoms in total. The number of amides is 1. The summed E-state index contributed by atoms with van der Waals surface area (Å²) < 4.78 is 26.9. The number of aromatic amines is 2. The number of carbonyl (C=O) groups is 1. The molecular formula is C19H15F2N5O2S. The smallest absolute Gasteiger partial charge is 0.259 e. The molecule has 0 spiro atoms. The standard InChI is InChI=1S/C19H15F2N5O2S/c20-10-8-12(21)16-14(9-10)22-18(25-16)24-15(27)6-3-7-29-19-23-13-5-2-1-4-11(13)17(28)26-19/h1-2,4-5,8-9H,3,6-7H2,(H,23,26,28)(H2,22,24,25,27). The molecule has 0 saturated carbocycles. The number of rotatable bonds is 6. The average Bonchev–Trinajstić information content (AvgIpc) is 3.08. The van der Waals surface area contributed by atoms with Gasteiger partial charge in [-0.2, -0.15) is 0 Å². The molecule has 0 aliphatic carbocycles. The van der Waals surface area contributed by atoms with Crippen LogP contribution in [0, 0.1) is 11.6 Å². The predicted octanol–water partition coefficient (Wildman–Crippen LogP) is 3.59. The highest BCUT2D eigenvalue weighted by Crippen LogP contribution is 2.20. The normalized spacial score (nSPS) is 11.2. The lowest BCUT2D eigenvalue weighted by molar-refractivity contribution is -0.116. The fraction of sp³-hybridized carbons (Fsp3) is 0.158. The van der Waals surface area contributed by atoms with Crippen molar-refractivity contribution in [3.63, 3.8) is 0 Å². The predicted molar refractivity (Wildman–Crippen MR) is 107 cm³/mol. The van der Waals surface area contributed by atoms with Crippen LogP contribution < -0.4 is 10.9 Å². The Morgan fingerprint density at radius 2 is 1.93 bits per heavy atom. The van der Waals surface area contributed by atoms with Crippen LogP contribution in [0.3, 0.4) is 0 Å². The fourth-order valence-corrected chi connectivity index (χ4v) is 3.64. The highest BCUT2D eigenvalue weighted by atomic mass is 32.2. The van der Waals surface area contributed by atoms with Crippen LogP contribution in [-0.4, -0.2) is 31.6 Å². The molecule has 4 aromatic rings. The number of imidazole rings is 1. The van der Waals surface area contributed by atoms with Gasteiger partial charge in [0.1, 0.15) is 11.3 Å². The van der Waals surface area contributed by atoms with Crippen LogP contribution in [-0.2, 0) is 4.79 Å². The minimum Gasteiger partial charge on any atom is -0.321 e. The molecule has 0 aliphatic rings. The number of hydrogen-bond donors (Lipinski definition) is 3. The van der Waals surface area contributed by atoms with Crippen molar-refractivity contribution in [1.29, 1.82) is 0 Å². The van der Waals surface area contributed by atoms with E-state index in [0.717, 1.165) is 12.1 Å².